The van der Waals surface area contributed by atoms with Gasteiger partial charge in [0.15, 0.2) is 5.78 Å². The van der Waals surface area contributed by atoms with Crippen molar-refractivity contribution in [2.45, 2.75) is 11.6 Å². The fourth-order valence-electron chi connectivity index (χ4n) is 3.15. The second kappa shape index (κ2) is 3.26. The van der Waals surface area contributed by atoms with E-state index in [1.54, 1.807) is 18.4 Å². The first-order chi connectivity index (χ1) is 8.82. The van der Waals surface area contributed by atoms with E-state index in [1.165, 1.54) is 0 Å². The number of carbonyl (C=O) groups excluding carboxylic acids is 1. The zero-order valence-corrected chi connectivity index (χ0v) is 9.68. The first kappa shape index (κ1) is 9.96. The average molecular weight is 240 g/mol. The Kier molecular flexibility index (Phi) is 1.81. The minimum atomic E-state index is -0.916. The Balaban J connectivity index is 2.04. The van der Waals surface area contributed by atoms with Crippen LogP contribution in [-0.2, 0) is 4.79 Å². The Labute approximate surface area is 104 Å². The van der Waals surface area contributed by atoms with E-state index >= 15 is 0 Å². The van der Waals surface area contributed by atoms with Crippen molar-refractivity contribution >= 4 is 5.78 Å². The van der Waals surface area contributed by atoms with Gasteiger partial charge in [-0.15, -0.1) is 0 Å². The van der Waals surface area contributed by atoms with Crippen molar-refractivity contribution in [3.63, 3.8) is 0 Å². The lowest BCUT2D eigenvalue weighted by molar-refractivity contribution is -0.117. The number of hydrogen-bond donors (Lipinski definition) is 2. The van der Waals surface area contributed by atoms with E-state index in [0.29, 0.717) is 0 Å². The number of hydrogen-bond acceptors (Lipinski definition) is 5. The van der Waals surface area contributed by atoms with Crippen molar-refractivity contribution in [2.75, 3.05) is 13.1 Å². The summed E-state index contributed by atoms with van der Waals surface area (Å²) in [6.07, 6.45) is 8.90. The molecule has 0 saturated carbocycles. The van der Waals surface area contributed by atoms with Crippen molar-refractivity contribution in [1.29, 1.82) is 0 Å². The molecule has 0 aromatic heterocycles. The Morgan fingerprint density at radius 1 is 1.39 bits per heavy atom. The molecule has 2 N–H and O–H groups in total. The standard InChI is InChI=1S/C13H12N4O/c18-11-3-1-2-10-13(11)12-8(4-5-15-17-13)6-14-7-9(12)16-10/h1-5,9,14,16H,6-7H2. The number of nitrogens with zero attached hydrogens (tertiary/aromatic N) is 2. The van der Waals surface area contributed by atoms with Gasteiger partial charge < -0.3 is 10.6 Å². The molecule has 0 aromatic carbocycles. The number of allylic oxidation sites excluding steroid dienone is 2. The molecule has 1 fully saturated rings. The Morgan fingerprint density at radius 3 is 3.28 bits per heavy atom. The summed E-state index contributed by atoms with van der Waals surface area (Å²) in [6.45, 7) is 1.58. The number of ketones is 1. The summed E-state index contributed by atoms with van der Waals surface area (Å²) in [5, 5.41) is 15.1. The highest BCUT2D eigenvalue weighted by molar-refractivity contribution is 6.06. The minimum Gasteiger partial charge on any atom is -0.378 e. The van der Waals surface area contributed by atoms with Crippen LogP contribution in [0, 0.1) is 0 Å². The Morgan fingerprint density at radius 2 is 2.33 bits per heavy atom. The quantitative estimate of drug-likeness (QED) is 0.651. The highest BCUT2D eigenvalue weighted by atomic mass is 16.1. The normalized spacial score (nSPS) is 35.9. The van der Waals surface area contributed by atoms with Crippen LogP contribution in [0.5, 0.6) is 0 Å². The lowest BCUT2D eigenvalue weighted by atomic mass is 9.78. The second-order valence-electron chi connectivity index (χ2n) is 4.81. The number of azo groups is 1. The molecule has 1 saturated heterocycles. The second-order valence-corrected chi connectivity index (χ2v) is 4.81. The van der Waals surface area contributed by atoms with Gasteiger partial charge in [-0.1, -0.05) is 6.08 Å². The molecule has 1 aliphatic carbocycles. The Hall–Kier alpha value is -2.01. The summed E-state index contributed by atoms with van der Waals surface area (Å²) >= 11 is 0. The highest BCUT2D eigenvalue weighted by Crippen LogP contribution is 2.44. The zero-order valence-electron chi connectivity index (χ0n) is 9.68. The fourth-order valence-corrected chi connectivity index (χ4v) is 3.15. The third-order valence-electron chi connectivity index (χ3n) is 3.88. The molecule has 4 aliphatic rings. The van der Waals surface area contributed by atoms with Crippen molar-refractivity contribution in [1.82, 2.24) is 10.6 Å². The van der Waals surface area contributed by atoms with Crippen LogP contribution in [0.1, 0.15) is 0 Å². The molecule has 2 unspecified atom stereocenters. The van der Waals surface area contributed by atoms with Crippen LogP contribution < -0.4 is 10.6 Å². The largest absolute Gasteiger partial charge is 0.378 e. The third kappa shape index (κ3) is 1.03. The van der Waals surface area contributed by atoms with E-state index in [-0.39, 0.29) is 11.8 Å². The van der Waals surface area contributed by atoms with E-state index in [1.807, 2.05) is 12.2 Å². The first-order valence-electron chi connectivity index (χ1n) is 6.05. The van der Waals surface area contributed by atoms with Crippen LogP contribution >= 0.6 is 0 Å². The molecule has 4 rings (SSSR count). The Bertz CT molecular complexity index is 596. The summed E-state index contributed by atoms with van der Waals surface area (Å²) in [6, 6.07) is 0.130. The van der Waals surface area contributed by atoms with E-state index in [0.717, 1.165) is 29.9 Å². The molecule has 0 radical (unpaired) electrons. The summed E-state index contributed by atoms with van der Waals surface area (Å²) < 4.78 is 0. The highest BCUT2D eigenvalue weighted by Gasteiger charge is 2.55. The summed E-state index contributed by atoms with van der Waals surface area (Å²) in [4.78, 5) is 12.4. The smallest absolute Gasteiger partial charge is 0.206 e. The molecular formula is C13H12N4O. The number of carbonyl (C=O) groups is 1. The van der Waals surface area contributed by atoms with Crippen LogP contribution in [0.25, 0.3) is 0 Å². The van der Waals surface area contributed by atoms with Crippen LogP contribution in [0.15, 0.2) is 57.6 Å². The van der Waals surface area contributed by atoms with Crippen molar-refractivity contribution < 1.29 is 4.79 Å². The first-order valence-corrected chi connectivity index (χ1v) is 6.05. The topological polar surface area (TPSA) is 65.8 Å². The lowest BCUT2D eigenvalue weighted by Crippen LogP contribution is -2.44. The molecule has 18 heavy (non-hydrogen) atoms. The lowest BCUT2D eigenvalue weighted by Gasteiger charge is -2.28. The van der Waals surface area contributed by atoms with Crippen molar-refractivity contribution in [3.05, 3.63) is 47.3 Å². The van der Waals surface area contributed by atoms with E-state index in [4.69, 9.17) is 0 Å². The monoisotopic (exact) mass is 240 g/mol. The fraction of sp³-hybridized carbons (Fsp3) is 0.308. The number of rotatable bonds is 0. The van der Waals surface area contributed by atoms with Gasteiger partial charge >= 0.3 is 0 Å². The predicted octanol–water partition coefficient (Wildman–Crippen LogP) is 0.599. The van der Waals surface area contributed by atoms with Gasteiger partial charge in [0.25, 0.3) is 0 Å². The molecule has 90 valence electrons. The maximum Gasteiger partial charge on any atom is 0.206 e. The maximum atomic E-state index is 12.4. The molecule has 0 bridgehead atoms. The molecule has 3 aliphatic heterocycles. The van der Waals surface area contributed by atoms with Crippen molar-refractivity contribution in [2.24, 2.45) is 10.2 Å². The van der Waals surface area contributed by atoms with E-state index in [2.05, 4.69) is 20.9 Å². The van der Waals surface area contributed by atoms with Gasteiger partial charge in [0.2, 0.25) is 5.54 Å². The summed E-state index contributed by atoms with van der Waals surface area (Å²) in [7, 11) is 0. The average Bonchev–Trinajstić information content (AvgIpc) is 2.59. The molecule has 5 nitrogen and oxygen atoms in total. The maximum absolute atomic E-state index is 12.4. The molecule has 0 amide bonds. The molecule has 3 heterocycles. The molecule has 5 heteroatoms. The van der Waals surface area contributed by atoms with Crippen LogP contribution in [0.4, 0.5) is 0 Å². The van der Waals surface area contributed by atoms with Gasteiger partial charge in [-0.05, 0) is 23.8 Å². The summed E-state index contributed by atoms with van der Waals surface area (Å²) in [5.41, 5.74) is 2.12. The van der Waals surface area contributed by atoms with Crippen LogP contribution in [0.3, 0.4) is 0 Å². The van der Waals surface area contributed by atoms with Crippen LogP contribution in [0.2, 0.25) is 0 Å². The van der Waals surface area contributed by atoms with Crippen LogP contribution in [-0.4, -0.2) is 30.5 Å². The van der Waals surface area contributed by atoms with Gasteiger partial charge in [-0.3, -0.25) is 4.79 Å². The minimum absolute atomic E-state index is 0.00292. The SMILES string of the molecule is O=C1C=CC=C2NC3CNCC4=C3C12N=NC=C4. The molecule has 1 spiro atoms. The van der Waals surface area contributed by atoms with Gasteiger partial charge in [0, 0.05) is 24.9 Å². The van der Waals surface area contributed by atoms with E-state index in [9.17, 15) is 4.79 Å². The van der Waals surface area contributed by atoms with Gasteiger partial charge in [-0.25, -0.2) is 0 Å². The third-order valence-corrected chi connectivity index (χ3v) is 3.88. The van der Waals surface area contributed by atoms with E-state index < -0.39 is 5.54 Å². The zero-order chi connectivity index (χ0) is 12.2. The summed E-state index contributed by atoms with van der Waals surface area (Å²) in [5.74, 6) is -0.00292. The molecule has 2 atom stereocenters. The van der Waals surface area contributed by atoms with Gasteiger partial charge in [0.1, 0.15) is 0 Å². The number of nitrogens with one attached hydrogen (secondary N) is 2. The molecule has 0 aromatic rings. The van der Waals surface area contributed by atoms with Crippen molar-refractivity contribution in [3.8, 4) is 0 Å². The van der Waals surface area contributed by atoms with Gasteiger partial charge in [0.05, 0.1) is 11.7 Å². The van der Waals surface area contributed by atoms with Gasteiger partial charge in [-0.2, -0.15) is 10.2 Å². The predicted molar refractivity (Wildman–Crippen MR) is 65.8 cm³/mol. The molecular weight excluding hydrogens is 228 g/mol.